The maximum absolute atomic E-state index is 5.20. The van der Waals surface area contributed by atoms with Crippen LogP contribution in [-0.2, 0) is 6.42 Å². The number of nitrogens with zero attached hydrogens (tertiary/aromatic N) is 3. The SMILES string of the molecule is COc1ccc(CC2CCN(c3ncccn3)CC2)cc1. The Morgan fingerprint density at radius 1 is 1.10 bits per heavy atom. The third-order valence-corrected chi connectivity index (χ3v) is 4.13. The van der Waals surface area contributed by atoms with Crippen molar-refractivity contribution in [3.05, 3.63) is 48.3 Å². The highest BCUT2D eigenvalue weighted by Gasteiger charge is 2.20. The molecule has 0 bridgehead atoms. The number of methoxy groups -OCH3 is 1. The van der Waals surface area contributed by atoms with Crippen molar-refractivity contribution < 1.29 is 4.74 Å². The molecule has 0 spiro atoms. The Kier molecular flexibility index (Phi) is 4.34. The molecular formula is C17H21N3O. The van der Waals surface area contributed by atoms with E-state index in [1.54, 1.807) is 7.11 Å². The van der Waals surface area contributed by atoms with Crippen LogP contribution in [0.2, 0.25) is 0 Å². The summed E-state index contributed by atoms with van der Waals surface area (Å²) in [6.45, 7) is 2.09. The molecule has 4 heteroatoms. The molecule has 1 aliphatic rings. The van der Waals surface area contributed by atoms with Gasteiger partial charge >= 0.3 is 0 Å². The smallest absolute Gasteiger partial charge is 0.225 e. The maximum Gasteiger partial charge on any atom is 0.225 e. The van der Waals surface area contributed by atoms with Gasteiger partial charge in [0.05, 0.1) is 7.11 Å². The van der Waals surface area contributed by atoms with Crippen molar-refractivity contribution in [3.8, 4) is 5.75 Å². The van der Waals surface area contributed by atoms with Crippen LogP contribution in [-0.4, -0.2) is 30.2 Å². The summed E-state index contributed by atoms with van der Waals surface area (Å²) in [5.74, 6) is 2.54. The fraction of sp³-hybridized carbons (Fsp3) is 0.412. The Morgan fingerprint density at radius 3 is 2.38 bits per heavy atom. The van der Waals surface area contributed by atoms with E-state index < -0.39 is 0 Å². The minimum atomic E-state index is 0.748. The van der Waals surface area contributed by atoms with Gasteiger partial charge in [0, 0.05) is 25.5 Å². The molecule has 0 radical (unpaired) electrons. The number of aromatic nitrogens is 2. The van der Waals surface area contributed by atoms with Crippen LogP contribution in [0.15, 0.2) is 42.7 Å². The van der Waals surface area contributed by atoms with Crippen molar-refractivity contribution >= 4 is 5.95 Å². The summed E-state index contributed by atoms with van der Waals surface area (Å²) in [5.41, 5.74) is 1.39. The second kappa shape index (κ2) is 6.57. The molecule has 2 heterocycles. The third kappa shape index (κ3) is 3.51. The van der Waals surface area contributed by atoms with E-state index in [1.165, 1.54) is 18.4 Å². The normalized spacial score (nSPS) is 16.0. The van der Waals surface area contributed by atoms with E-state index in [4.69, 9.17) is 4.74 Å². The fourth-order valence-corrected chi connectivity index (χ4v) is 2.89. The molecule has 1 aromatic carbocycles. The lowest BCUT2D eigenvalue weighted by Gasteiger charge is -2.32. The highest BCUT2D eigenvalue weighted by molar-refractivity contribution is 5.30. The van der Waals surface area contributed by atoms with Gasteiger partial charge in [-0.1, -0.05) is 12.1 Å². The lowest BCUT2D eigenvalue weighted by atomic mass is 9.90. The van der Waals surface area contributed by atoms with Crippen LogP contribution < -0.4 is 9.64 Å². The molecule has 1 aliphatic heterocycles. The fourth-order valence-electron chi connectivity index (χ4n) is 2.89. The molecule has 4 nitrogen and oxygen atoms in total. The first-order valence-electron chi connectivity index (χ1n) is 7.50. The zero-order chi connectivity index (χ0) is 14.5. The first kappa shape index (κ1) is 13.9. The van der Waals surface area contributed by atoms with Gasteiger partial charge in [-0.25, -0.2) is 9.97 Å². The van der Waals surface area contributed by atoms with Crippen molar-refractivity contribution in [2.75, 3.05) is 25.1 Å². The summed E-state index contributed by atoms with van der Waals surface area (Å²) in [6, 6.07) is 10.3. The summed E-state index contributed by atoms with van der Waals surface area (Å²) in [4.78, 5) is 10.9. The molecule has 0 unspecified atom stereocenters. The average molecular weight is 283 g/mol. The minimum Gasteiger partial charge on any atom is -0.497 e. The van der Waals surface area contributed by atoms with Gasteiger partial charge in [-0.2, -0.15) is 0 Å². The highest BCUT2D eigenvalue weighted by atomic mass is 16.5. The van der Waals surface area contributed by atoms with Gasteiger partial charge in [-0.15, -0.1) is 0 Å². The first-order chi connectivity index (χ1) is 10.3. The Morgan fingerprint density at radius 2 is 1.76 bits per heavy atom. The summed E-state index contributed by atoms with van der Waals surface area (Å²) >= 11 is 0. The maximum atomic E-state index is 5.20. The van der Waals surface area contributed by atoms with Crippen LogP contribution in [0.5, 0.6) is 5.75 Å². The molecule has 3 rings (SSSR count). The van der Waals surface area contributed by atoms with Gasteiger partial charge in [-0.05, 0) is 48.9 Å². The van der Waals surface area contributed by atoms with Gasteiger partial charge in [-0.3, -0.25) is 0 Å². The minimum absolute atomic E-state index is 0.748. The Bertz CT molecular complexity index is 548. The second-order valence-corrected chi connectivity index (χ2v) is 5.53. The van der Waals surface area contributed by atoms with E-state index in [9.17, 15) is 0 Å². The topological polar surface area (TPSA) is 38.2 Å². The molecular weight excluding hydrogens is 262 g/mol. The summed E-state index contributed by atoms with van der Waals surface area (Å²) < 4.78 is 5.20. The van der Waals surface area contributed by atoms with Crippen molar-refractivity contribution in [1.29, 1.82) is 0 Å². The van der Waals surface area contributed by atoms with Crippen LogP contribution in [0.3, 0.4) is 0 Å². The second-order valence-electron chi connectivity index (χ2n) is 5.53. The van der Waals surface area contributed by atoms with E-state index >= 15 is 0 Å². The number of anilines is 1. The third-order valence-electron chi connectivity index (χ3n) is 4.13. The van der Waals surface area contributed by atoms with Crippen LogP contribution in [0.4, 0.5) is 5.95 Å². The number of benzene rings is 1. The molecule has 0 N–H and O–H groups in total. The summed E-state index contributed by atoms with van der Waals surface area (Å²) in [7, 11) is 1.70. The standard InChI is InChI=1S/C17H21N3O/c1-21-16-5-3-14(4-6-16)13-15-7-11-20(12-8-15)17-18-9-2-10-19-17/h2-6,9-10,15H,7-8,11-13H2,1H3. The molecule has 110 valence electrons. The summed E-state index contributed by atoms with van der Waals surface area (Å²) in [6.07, 6.45) is 7.17. The number of ether oxygens (including phenoxy) is 1. The summed E-state index contributed by atoms with van der Waals surface area (Å²) in [5, 5.41) is 0. The van der Waals surface area contributed by atoms with Crippen molar-refractivity contribution in [2.24, 2.45) is 5.92 Å². The molecule has 1 aromatic heterocycles. The van der Waals surface area contributed by atoms with Crippen molar-refractivity contribution in [1.82, 2.24) is 9.97 Å². The molecule has 0 amide bonds. The Balaban J connectivity index is 1.53. The Hall–Kier alpha value is -2.10. The molecule has 2 aromatic rings. The molecule has 1 saturated heterocycles. The van der Waals surface area contributed by atoms with Gasteiger partial charge in [0.1, 0.15) is 5.75 Å². The van der Waals surface area contributed by atoms with E-state index in [1.807, 2.05) is 30.6 Å². The first-order valence-corrected chi connectivity index (χ1v) is 7.50. The largest absolute Gasteiger partial charge is 0.497 e. The van der Waals surface area contributed by atoms with E-state index in [0.717, 1.165) is 37.1 Å². The lowest BCUT2D eigenvalue weighted by Crippen LogP contribution is -2.35. The van der Waals surface area contributed by atoms with Gasteiger partial charge < -0.3 is 9.64 Å². The van der Waals surface area contributed by atoms with Crippen LogP contribution in [0, 0.1) is 5.92 Å². The lowest BCUT2D eigenvalue weighted by molar-refractivity contribution is 0.399. The molecule has 1 fully saturated rings. The molecule has 0 saturated carbocycles. The van der Waals surface area contributed by atoms with E-state index in [-0.39, 0.29) is 0 Å². The molecule has 0 aliphatic carbocycles. The zero-order valence-electron chi connectivity index (χ0n) is 12.4. The average Bonchev–Trinajstić information content (AvgIpc) is 2.57. The number of piperidine rings is 1. The molecule has 21 heavy (non-hydrogen) atoms. The quantitative estimate of drug-likeness (QED) is 0.864. The van der Waals surface area contributed by atoms with Crippen molar-refractivity contribution in [3.63, 3.8) is 0 Å². The van der Waals surface area contributed by atoms with Crippen LogP contribution in [0.25, 0.3) is 0 Å². The van der Waals surface area contributed by atoms with E-state index in [0.29, 0.717) is 0 Å². The highest BCUT2D eigenvalue weighted by Crippen LogP contribution is 2.24. The number of hydrogen-bond donors (Lipinski definition) is 0. The number of hydrogen-bond acceptors (Lipinski definition) is 4. The predicted octanol–water partition coefficient (Wildman–Crippen LogP) is 2.94. The Labute approximate surface area is 125 Å². The van der Waals surface area contributed by atoms with Crippen molar-refractivity contribution in [2.45, 2.75) is 19.3 Å². The van der Waals surface area contributed by atoms with Crippen LogP contribution in [0.1, 0.15) is 18.4 Å². The zero-order valence-corrected chi connectivity index (χ0v) is 12.4. The van der Waals surface area contributed by atoms with Gasteiger partial charge in [0.25, 0.3) is 0 Å². The molecule has 0 atom stereocenters. The van der Waals surface area contributed by atoms with Crippen LogP contribution >= 0.6 is 0 Å². The van der Waals surface area contributed by atoms with Gasteiger partial charge in [0.15, 0.2) is 0 Å². The number of rotatable bonds is 4. The van der Waals surface area contributed by atoms with E-state index in [2.05, 4.69) is 27.0 Å². The predicted molar refractivity (Wildman–Crippen MR) is 83.7 cm³/mol. The monoisotopic (exact) mass is 283 g/mol. The van der Waals surface area contributed by atoms with Gasteiger partial charge in [0.2, 0.25) is 5.95 Å².